The Labute approximate surface area is 113 Å². The quantitative estimate of drug-likeness (QED) is 0.835. The summed E-state index contributed by atoms with van der Waals surface area (Å²) in [6.45, 7) is 4.49. The van der Waals surface area contributed by atoms with Crippen molar-refractivity contribution >= 4 is 21.8 Å². The number of hydrogen-bond donors (Lipinski definition) is 0. The van der Waals surface area contributed by atoms with Crippen LogP contribution in [0.4, 0.5) is 0 Å². The summed E-state index contributed by atoms with van der Waals surface area (Å²) >= 11 is 1.91. The molecule has 2 heterocycles. The van der Waals surface area contributed by atoms with Crippen LogP contribution in [0.15, 0.2) is 23.1 Å². The van der Waals surface area contributed by atoms with Crippen molar-refractivity contribution < 1.29 is 8.42 Å². The average molecular weight is 283 g/mol. The molecule has 0 amide bonds. The highest BCUT2D eigenvalue weighted by atomic mass is 32.2. The maximum atomic E-state index is 12.7. The van der Waals surface area contributed by atoms with Crippen LogP contribution in [-0.4, -0.2) is 36.3 Å². The molecule has 18 heavy (non-hydrogen) atoms. The molecule has 0 spiro atoms. The molecule has 1 aromatic carbocycles. The summed E-state index contributed by atoms with van der Waals surface area (Å²) in [6, 6.07) is 5.86. The molecule has 2 aliphatic heterocycles. The van der Waals surface area contributed by atoms with E-state index in [2.05, 4.69) is 0 Å². The van der Waals surface area contributed by atoms with E-state index in [4.69, 9.17) is 0 Å². The van der Waals surface area contributed by atoms with Gasteiger partial charge in [-0.2, -0.15) is 16.1 Å². The van der Waals surface area contributed by atoms with E-state index in [-0.39, 0.29) is 6.04 Å². The molecular weight excluding hydrogens is 266 g/mol. The van der Waals surface area contributed by atoms with Gasteiger partial charge in [-0.3, -0.25) is 0 Å². The lowest BCUT2D eigenvalue weighted by Gasteiger charge is -2.26. The second kappa shape index (κ2) is 4.25. The third-order valence-corrected chi connectivity index (χ3v) is 7.23. The number of thioether (sulfide) groups is 1. The van der Waals surface area contributed by atoms with Gasteiger partial charge in [0.05, 0.1) is 4.90 Å². The van der Waals surface area contributed by atoms with Gasteiger partial charge in [0.15, 0.2) is 0 Å². The van der Waals surface area contributed by atoms with Crippen molar-refractivity contribution in [3.05, 3.63) is 29.3 Å². The Hall–Kier alpha value is -0.520. The first-order chi connectivity index (χ1) is 8.48. The summed E-state index contributed by atoms with van der Waals surface area (Å²) < 4.78 is 27.1. The minimum Gasteiger partial charge on any atom is -0.207 e. The maximum Gasteiger partial charge on any atom is 0.243 e. The first kappa shape index (κ1) is 12.5. The molecule has 0 aromatic heterocycles. The molecule has 0 saturated carbocycles. The van der Waals surface area contributed by atoms with E-state index in [9.17, 15) is 8.42 Å². The summed E-state index contributed by atoms with van der Waals surface area (Å²) in [7, 11) is -3.30. The van der Waals surface area contributed by atoms with E-state index in [1.165, 1.54) is 0 Å². The predicted octanol–water partition coefficient (Wildman–Crippen LogP) is 2.18. The molecule has 5 heteroatoms. The molecule has 2 fully saturated rings. The number of sulfonamides is 1. The van der Waals surface area contributed by atoms with Crippen LogP contribution in [0.5, 0.6) is 0 Å². The minimum absolute atomic E-state index is 0.213. The molecule has 2 bridgehead atoms. The van der Waals surface area contributed by atoms with Crippen LogP contribution >= 0.6 is 11.8 Å². The predicted molar refractivity (Wildman–Crippen MR) is 74.5 cm³/mol. The molecule has 98 valence electrons. The van der Waals surface area contributed by atoms with Gasteiger partial charge >= 0.3 is 0 Å². The second-order valence-corrected chi connectivity index (χ2v) is 8.38. The summed E-state index contributed by atoms with van der Waals surface area (Å²) in [6.07, 6.45) is 1.02. The smallest absolute Gasteiger partial charge is 0.207 e. The van der Waals surface area contributed by atoms with E-state index in [1.807, 2.05) is 37.7 Å². The Morgan fingerprint density at radius 1 is 1.33 bits per heavy atom. The zero-order valence-corrected chi connectivity index (χ0v) is 12.2. The standard InChI is InChI=1S/C13H17NO2S2/c1-9-3-4-10(2)13(5-9)18(15,16)14-7-12-6-11(14)8-17-12/h3-5,11-12H,6-8H2,1-2H3. The molecule has 0 radical (unpaired) electrons. The minimum atomic E-state index is -3.30. The van der Waals surface area contributed by atoms with Gasteiger partial charge in [-0.15, -0.1) is 0 Å². The summed E-state index contributed by atoms with van der Waals surface area (Å²) in [5.74, 6) is 0.953. The van der Waals surface area contributed by atoms with Crippen LogP contribution in [0, 0.1) is 13.8 Å². The fourth-order valence-electron chi connectivity index (χ4n) is 2.77. The van der Waals surface area contributed by atoms with Gasteiger partial charge in [-0.05, 0) is 37.5 Å². The molecule has 2 saturated heterocycles. The van der Waals surface area contributed by atoms with Crippen LogP contribution < -0.4 is 0 Å². The highest BCUT2D eigenvalue weighted by Crippen LogP contribution is 2.40. The van der Waals surface area contributed by atoms with E-state index >= 15 is 0 Å². The number of fused-ring (bicyclic) bond motifs is 2. The lowest BCUT2D eigenvalue weighted by atomic mass is 10.2. The van der Waals surface area contributed by atoms with Gasteiger partial charge in [0.2, 0.25) is 10.0 Å². The summed E-state index contributed by atoms with van der Waals surface area (Å²) in [4.78, 5) is 0.486. The largest absolute Gasteiger partial charge is 0.243 e. The van der Waals surface area contributed by atoms with Crippen molar-refractivity contribution in [2.75, 3.05) is 12.3 Å². The summed E-state index contributed by atoms with van der Waals surface area (Å²) in [5.41, 5.74) is 1.84. The first-order valence-electron chi connectivity index (χ1n) is 6.19. The van der Waals surface area contributed by atoms with E-state index in [0.29, 0.717) is 16.7 Å². The third kappa shape index (κ3) is 1.89. The van der Waals surface area contributed by atoms with Crippen LogP contribution in [0.2, 0.25) is 0 Å². The van der Waals surface area contributed by atoms with E-state index < -0.39 is 10.0 Å². The van der Waals surface area contributed by atoms with Crippen molar-refractivity contribution in [2.24, 2.45) is 0 Å². The van der Waals surface area contributed by atoms with Crippen LogP contribution in [0.3, 0.4) is 0 Å². The first-order valence-corrected chi connectivity index (χ1v) is 8.68. The Bertz CT molecular complexity index is 583. The fraction of sp³-hybridized carbons (Fsp3) is 0.538. The Morgan fingerprint density at radius 2 is 2.11 bits per heavy atom. The molecule has 2 aliphatic rings. The molecule has 1 aromatic rings. The SMILES string of the molecule is Cc1ccc(C)c(S(=O)(=O)N2CC3CC2CS3)c1. The molecule has 0 aliphatic carbocycles. The molecule has 0 N–H and O–H groups in total. The number of benzene rings is 1. The molecule has 2 unspecified atom stereocenters. The lowest BCUT2D eigenvalue weighted by Crippen LogP contribution is -2.39. The van der Waals surface area contributed by atoms with Crippen molar-refractivity contribution in [1.82, 2.24) is 4.31 Å². The zero-order chi connectivity index (χ0) is 12.9. The maximum absolute atomic E-state index is 12.7. The van der Waals surface area contributed by atoms with Crippen molar-refractivity contribution in [2.45, 2.75) is 36.5 Å². The topological polar surface area (TPSA) is 37.4 Å². The number of aryl methyl sites for hydroxylation is 2. The monoisotopic (exact) mass is 283 g/mol. The van der Waals surface area contributed by atoms with Crippen LogP contribution in [0.1, 0.15) is 17.5 Å². The number of hydrogen-bond acceptors (Lipinski definition) is 3. The van der Waals surface area contributed by atoms with Gasteiger partial charge in [0.1, 0.15) is 0 Å². The van der Waals surface area contributed by atoms with Crippen LogP contribution in [0.25, 0.3) is 0 Å². The molecular formula is C13H17NO2S2. The number of rotatable bonds is 2. The third-order valence-electron chi connectivity index (χ3n) is 3.78. The van der Waals surface area contributed by atoms with Crippen molar-refractivity contribution in [1.29, 1.82) is 0 Å². The van der Waals surface area contributed by atoms with Crippen molar-refractivity contribution in [3.8, 4) is 0 Å². The highest BCUT2D eigenvalue weighted by molar-refractivity contribution is 8.00. The Balaban J connectivity index is 2.02. The fourth-order valence-corrected chi connectivity index (χ4v) is 6.39. The van der Waals surface area contributed by atoms with Gasteiger partial charge in [-0.25, -0.2) is 8.42 Å². The Morgan fingerprint density at radius 3 is 2.72 bits per heavy atom. The second-order valence-electron chi connectivity index (χ2n) is 5.19. The molecule has 2 atom stereocenters. The summed E-state index contributed by atoms with van der Waals surface area (Å²) in [5, 5.41) is 0.509. The van der Waals surface area contributed by atoms with Crippen molar-refractivity contribution in [3.63, 3.8) is 0 Å². The highest BCUT2D eigenvalue weighted by Gasteiger charge is 2.45. The Kier molecular flexibility index (Phi) is 2.95. The van der Waals surface area contributed by atoms with Gasteiger partial charge in [0.25, 0.3) is 0 Å². The van der Waals surface area contributed by atoms with Crippen LogP contribution in [-0.2, 0) is 10.0 Å². The number of nitrogens with zero attached hydrogens (tertiary/aromatic N) is 1. The van der Waals surface area contributed by atoms with E-state index in [0.717, 1.165) is 23.3 Å². The van der Waals surface area contributed by atoms with Gasteiger partial charge in [-0.1, -0.05) is 12.1 Å². The molecule has 3 rings (SSSR count). The van der Waals surface area contributed by atoms with Gasteiger partial charge in [0, 0.05) is 23.6 Å². The van der Waals surface area contributed by atoms with Gasteiger partial charge < -0.3 is 0 Å². The zero-order valence-electron chi connectivity index (χ0n) is 10.6. The lowest BCUT2D eigenvalue weighted by molar-refractivity contribution is 0.409. The average Bonchev–Trinajstić information content (AvgIpc) is 2.94. The normalized spacial score (nSPS) is 27.9. The molecule has 3 nitrogen and oxygen atoms in total. The van der Waals surface area contributed by atoms with E-state index in [1.54, 1.807) is 10.4 Å².